The van der Waals surface area contributed by atoms with E-state index in [2.05, 4.69) is 48.5 Å². The van der Waals surface area contributed by atoms with Crippen molar-refractivity contribution < 1.29 is 80.2 Å². The minimum atomic E-state index is -4.97. The van der Waals surface area contributed by atoms with E-state index >= 15 is 0 Å². The van der Waals surface area contributed by atoms with Gasteiger partial charge in [0.15, 0.2) is 12.2 Å². The summed E-state index contributed by atoms with van der Waals surface area (Å²) in [5, 5.41) is 10.7. The summed E-state index contributed by atoms with van der Waals surface area (Å²) in [7, 11) is -9.94. The van der Waals surface area contributed by atoms with E-state index in [1.54, 1.807) is 0 Å². The molecule has 0 fully saturated rings. The monoisotopic (exact) mass is 1610 g/mol. The van der Waals surface area contributed by atoms with E-state index in [1.165, 1.54) is 295 Å². The summed E-state index contributed by atoms with van der Waals surface area (Å²) >= 11 is 0. The second kappa shape index (κ2) is 80.8. The fourth-order valence-corrected chi connectivity index (χ4v) is 15.8. The number of hydrogen-bond donors (Lipinski definition) is 3. The lowest BCUT2D eigenvalue weighted by Crippen LogP contribution is -2.30. The van der Waals surface area contributed by atoms with Crippen LogP contribution in [-0.2, 0) is 65.4 Å². The highest BCUT2D eigenvalue weighted by Gasteiger charge is 2.31. The molecule has 0 aliphatic rings. The van der Waals surface area contributed by atoms with E-state index < -0.39 is 97.5 Å². The van der Waals surface area contributed by atoms with Crippen molar-refractivity contribution in [3.8, 4) is 0 Å². The fourth-order valence-electron chi connectivity index (χ4n) is 14.2. The SMILES string of the molecule is CCCCCCCCCCCCCCCCCCCCCCCCC(=O)OC[C@H](COP(=O)(O)OC[C@@H](O)COP(=O)(O)OC[C@@H](COC(=O)CCCCCCCCCCC(C)C)OC(=O)CCCCCCCCCCCCCCC(C)C)OC(=O)CCCCCCCCCCCCCCCCCCCCC(C)CC. The van der Waals surface area contributed by atoms with Gasteiger partial charge in [0.1, 0.15) is 19.3 Å². The predicted molar refractivity (Wildman–Crippen MR) is 455 cm³/mol. The van der Waals surface area contributed by atoms with Crippen LogP contribution in [0.25, 0.3) is 0 Å². The van der Waals surface area contributed by atoms with Gasteiger partial charge < -0.3 is 33.8 Å². The first-order valence-corrected chi connectivity index (χ1v) is 49.9. The molecule has 0 saturated heterocycles. The Morgan fingerprint density at radius 2 is 0.464 bits per heavy atom. The molecular formula is C91H178O17P2. The lowest BCUT2D eigenvalue weighted by molar-refractivity contribution is -0.161. The quantitative estimate of drug-likeness (QED) is 0.0222. The van der Waals surface area contributed by atoms with Crippen LogP contribution >= 0.6 is 15.6 Å². The predicted octanol–water partition coefficient (Wildman–Crippen LogP) is 28.0. The molecule has 110 heavy (non-hydrogen) atoms. The largest absolute Gasteiger partial charge is 0.472 e. The van der Waals surface area contributed by atoms with Gasteiger partial charge in [0.05, 0.1) is 26.4 Å². The van der Waals surface area contributed by atoms with Gasteiger partial charge in [0.25, 0.3) is 0 Å². The molecule has 3 unspecified atom stereocenters. The molecule has 0 aromatic rings. The topological polar surface area (TPSA) is 237 Å². The molecule has 654 valence electrons. The first kappa shape index (κ1) is 108. The fraction of sp³-hybridized carbons (Fsp3) is 0.956. The third-order valence-electron chi connectivity index (χ3n) is 21.7. The molecule has 0 aromatic carbocycles. The maximum atomic E-state index is 13.2. The average molecular weight is 1610 g/mol. The molecule has 0 spiro atoms. The van der Waals surface area contributed by atoms with Crippen molar-refractivity contribution in [2.24, 2.45) is 17.8 Å². The lowest BCUT2D eigenvalue weighted by atomic mass is 9.99. The zero-order valence-corrected chi connectivity index (χ0v) is 74.5. The first-order valence-electron chi connectivity index (χ1n) is 46.9. The Hall–Kier alpha value is -1.94. The summed E-state index contributed by atoms with van der Waals surface area (Å²) in [4.78, 5) is 73.4. The number of hydrogen-bond acceptors (Lipinski definition) is 15. The number of esters is 4. The van der Waals surface area contributed by atoms with Crippen molar-refractivity contribution >= 4 is 39.5 Å². The van der Waals surface area contributed by atoms with Crippen molar-refractivity contribution in [3.05, 3.63) is 0 Å². The minimum absolute atomic E-state index is 0.107. The van der Waals surface area contributed by atoms with Gasteiger partial charge in [-0.05, 0) is 43.4 Å². The molecule has 0 aliphatic carbocycles. The van der Waals surface area contributed by atoms with Crippen LogP contribution in [0.15, 0.2) is 0 Å². The molecule has 0 aliphatic heterocycles. The number of aliphatic hydroxyl groups is 1. The maximum absolute atomic E-state index is 13.2. The van der Waals surface area contributed by atoms with Gasteiger partial charge in [0, 0.05) is 25.7 Å². The van der Waals surface area contributed by atoms with E-state index in [0.29, 0.717) is 25.7 Å². The molecule has 0 amide bonds. The van der Waals surface area contributed by atoms with E-state index in [9.17, 15) is 43.2 Å². The van der Waals surface area contributed by atoms with Crippen LogP contribution in [0.5, 0.6) is 0 Å². The highest BCUT2D eigenvalue weighted by molar-refractivity contribution is 7.47. The average Bonchev–Trinajstić information content (AvgIpc) is 0.900. The third kappa shape index (κ3) is 82.6. The highest BCUT2D eigenvalue weighted by Crippen LogP contribution is 2.45. The normalized spacial score (nSPS) is 14.0. The van der Waals surface area contributed by atoms with E-state index in [-0.39, 0.29) is 25.7 Å². The number of rotatable bonds is 89. The molecule has 17 nitrogen and oxygen atoms in total. The minimum Gasteiger partial charge on any atom is -0.462 e. The van der Waals surface area contributed by atoms with Crippen LogP contribution in [0.2, 0.25) is 0 Å². The molecule has 0 heterocycles. The first-order chi connectivity index (χ1) is 53.3. The molecule has 19 heteroatoms. The Morgan fingerprint density at radius 3 is 0.691 bits per heavy atom. The van der Waals surface area contributed by atoms with Gasteiger partial charge in [-0.25, -0.2) is 9.13 Å². The standard InChI is InChI=1S/C91H178O17P2/c1-8-10-11-12-13-14-15-16-17-18-19-20-21-22-26-29-32-38-43-51-58-65-72-88(93)101-78-86(107-90(95)74-67-60-53-44-39-33-30-27-24-23-25-28-31-37-42-50-57-64-71-84(7)9-2)80-105-109(97,98)103-76-85(92)77-104-110(99,100)106-81-87(79-102-89(94)73-66-59-52-47-46-49-56-63-70-83(5)6)108-91(96)75-68-61-54-45-40-35-34-36-41-48-55-62-69-82(3)4/h82-87,92H,8-81H2,1-7H3,(H,97,98)(H,99,100)/t84?,85-,86-,87-/m1/s1. The van der Waals surface area contributed by atoms with E-state index in [1.807, 2.05) is 0 Å². The number of carbonyl (C=O) groups excluding carboxylic acids is 4. The smallest absolute Gasteiger partial charge is 0.462 e. The molecule has 0 radical (unpaired) electrons. The Kier molecular flexibility index (Phi) is 79.4. The molecular weight excluding hydrogens is 1430 g/mol. The van der Waals surface area contributed by atoms with Crippen LogP contribution in [0.4, 0.5) is 0 Å². The lowest BCUT2D eigenvalue weighted by Gasteiger charge is -2.21. The summed E-state index contributed by atoms with van der Waals surface area (Å²) in [6.07, 6.45) is 73.8. The van der Waals surface area contributed by atoms with Crippen molar-refractivity contribution in [3.63, 3.8) is 0 Å². The van der Waals surface area contributed by atoms with E-state index in [0.717, 1.165) is 108 Å². The zero-order chi connectivity index (χ0) is 80.8. The molecule has 0 rings (SSSR count). The van der Waals surface area contributed by atoms with E-state index in [4.69, 9.17) is 37.0 Å². The van der Waals surface area contributed by atoms with Gasteiger partial charge in [-0.1, -0.05) is 434 Å². The van der Waals surface area contributed by atoms with Gasteiger partial charge in [-0.15, -0.1) is 0 Å². The van der Waals surface area contributed by atoms with Gasteiger partial charge in [-0.2, -0.15) is 0 Å². The molecule has 3 N–H and O–H groups in total. The summed E-state index contributed by atoms with van der Waals surface area (Å²) in [5.41, 5.74) is 0. The Morgan fingerprint density at radius 1 is 0.264 bits per heavy atom. The van der Waals surface area contributed by atoms with Crippen molar-refractivity contribution in [2.45, 2.75) is 503 Å². The van der Waals surface area contributed by atoms with Gasteiger partial charge >= 0.3 is 39.5 Å². The molecule has 0 aromatic heterocycles. The second-order valence-electron chi connectivity index (χ2n) is 33.9. The van der Waals surface area contributed by atoms with Crippen LogP contribution in [0.3, 0.4) is 0 Å². The Balaban J connectivity index is 5.22. The second-order valence-corrected chi connectivity index (χ2v) is 36.8. The summed E-state index contributed by atoms with van der Waals surface area (Å²) in [6, 6.07) is 0. The highest BCUT2D eigenvalue weighted by atomic mass is 31.2. The van der Waals surface area contributed by atoms with Gasteiger partial charge in [0.2, 0.25) is 0 Å². The Bertz CT molecular complexity index is 2120. The van der Waals surface area contributed by atoms with Gasteiger partial charge in [-0.3, -0.25) is 37.3 Å². The zero-order valence-electron chi connectivity index (χ0n) is 72.7. The van der Waals surface area contributed by atoms with Crippen molar-refractivity contribution in [1.82, 2.24) is 0 Å². The number of aliphatic hydroxyl groups excluding tert-OH is 1. The van der Waals surface area contributed by atoms with Crippen molar-refractivity contribution in [1.29, 1.82) is 0 Å². The summed E-state index contributed by atoms with van der Waals surface area (Å²) in [5.74, 6) is 0.273. The number of phosphoric acid groups is 2. The molecule has 0 saturated carbocycles. The number of carbonyl (C=O) groups is 4. The number of ether oxygens (including phenoxy) is 4. The van der Waals surface area contributed by atoms with Crippen LogP contribution in [0.1, 0.15) is 485 Å². The van der Waals surface area contributed by atoms with Crippen molar-refractivity contribution in [2.75, 3.05) is 39.6 Å². The number of unbranched alkanes of at least 4 members (excludes halogenated alkanes) is 56. The maximum Gasteiger partial charge on any atom is 0.472 e. The Labute approximate surface area is 677 Å². The van der Waals surface area contributed by atoms with Crippen LogP contribution in [0, 0.1) is 17.8 Å². The third-order valence-corrected chi connectivity index (χ3v) is 23.6. The summed E-state index contributed by atoms with van der Waals surface area (Å²) in [6.45, 7) is 12.0. The summed E-state index contributed by atoms with van der Waals surface area (Å²) < 4.78 is 69.0. The van der Waals surface area contributed by atoms with Crippen LogP contribution < -0.4 is 0 Å². The molecule has 6 atom stereocenters. The number of phosphoric ester groups is 2. The van der Waals surface area contributed by atoms with Crippen LogP contribution in [-0.4, -0.2) is 96.7 Å². The molecule has 0 bridgehead atoms.